The van der Waals surface area contributed by atoms with Gasteiger partial charge in [0.1, 0.15) is 23.6 Å². The lowest BCUT2D eigenvalue weighted by molar-refractivity contribution is 0.0303. The van der Waals surface area contributed by atoms with Gasteiger partial charge in [-0.1, -0.05) is 38.1 Å². The van der Waals surface area contributed by atoms with Crippen molar-refractivity contribution in [2.45, 2.75) is 26.2 Å². The summed E-state index contributed by atoms with van der Waals surface area (Å²) in [7, 11) is 0. The van der Waals surface area contributed by atoms with Crippen molar-refractivity contribution in [1.29, 1.82) is 0 Å². The van der Waals surface area contributed by atoms with Crippen LogP contribution in [-0.4, -0.2) is 68.0 Å². The highest BCUT2D eigenvalue weighted by molar-refractivity contribution is 6.01. The Balaban J connectivity index is 1.22. The molecule has 6 rings (SSSR count). The van der Waals surface area contributed by atoms with Crippen LogP contribution in [0.4, 0.5) is 22.1 Å². The number of hydrogen-bond donors (Lipinski definition) is 3. The van der Waals surface area contributed by atoms with Crippen LogP contribution in [0.2, 0.25) is 0 Å². The van der Waals surface area contributed by atoms with Crippen molar-refractivity contribution in [3.8, 4) is 16.9 Å². The van der Waals surface area contributed by atoms with Gasteiger partial charge in [0.25, 0.3) is 5.91 Å². The summed E-state index contributed by atoms with van der Waals surface area (Å²) < 4.78 is 12.3. The molecule has 13 heteroatoms. The number of anilines is 3. The lowest BCUT2D eigenvalue weighted by Gasteiger charge is -2.26. The maximum absolute atomic E-state index is 12.9. The number of nitrogens with zero attached hydrogens (tertiary/aromatic N) is 6. The first-order chi connectivity index (χ1) is 20.7. The van der Waals surface area contributed by atoms with Gasteiger partial charge in [-0.2, -0.15) is 5.10 Å². The fourth-order valence-corrected chi connectivity index (χ4v) is 4.73. The summed E-state index contributed by atoms with van der Waals surface area (Å²) in [5.41, 5.74) is 9.78. The van der Waals surface area contributed by atoms with E-state index in [-0.39, 0.29) is 17.1 Å². The fraction of sp³-hybridized carbons (Fsp3) is 0.267. The molecule has 3 aromatic heterocycles. The SMILES string of the molecule is CC(C)(C)c1cc(NC(=O)Nc2ccc(-n3nc(-c4ccc(C(=O)N5CCOCC5)cc4)c4c(N)ncnc43)cc2)no1. The maximum atomic E-state index is 12.9. The Kier molecular flexibility index (Phi) is 7.24. The first kappa shape index (κ1) is 27.8. The Hall–Kier alpha value is -5.30. The lowest BCUT2D eigenvalue weighted by atomic mass is 9.93. The van der Waals surface area contributed by atoms with Crippen LogP contribution in [0.1, 0.15) is 36.9 Å². The van der Waals surface area contributed by atoms with Gasteiger partial charge in [0.2, 0.25) is 0 Å². The van der Waals surface area contributed by atoms with E-state index in [1.807, 2.05) is 45.0 Å². The second-order valence-corrected chi connectivity index (χ2v) is 11.2. The molecule has 0 aliphatic carbocycles. The van der Waals surface area contributed by atoms with Crippen molar-refractivity contribution in [3.63, 3.8) is 0 Å². The van der Waals surface area contributed by atoms with Crippen molar-refractivity contribution in [2.75, 3.05) is 42.7 Å². The molecule has 1 aliphatic rings. The largest absolute Gasteiger partial charge is 0.383 e. The summed E-state index contributed by atoms with van der Waals surface area (Å²) >= 11 is 0. The molecular weight excluding hydrogens is 550 g/mol. The highest BCUT2D eigenvalue weighted by Gasteiger charge is 2.22. The van der Waals surface area contributed by atoms with Crippen molar-refractivity contribution >= 4 is 40.3 Å². The van der Waals surface area contributed by atoms with Crippen LogP contribution in [0.25, 0.3) is 28.0 Å². The van der Waals surface area contributed by atoms with Gasteiger partial charge in [-0.3, -0.25) is 10.1 Å². The molecule has 0 unspecified atom stereocenters. The number of morpholine rings is 1. The van der Waals surface area contributed by atoms with E-state index < -0.39 is 6.03 Å². The standard InChI is InChI=1S/C30H31N9O4/c1-30(2,3)22-16-23(37-43-22)35-29(41)34-20-8-10-21(11-9-20)39-27-24(26(31)32-17-33-27)25(36-39)18-4-6-19(7-5-18)28(40)38-12-14-42-15-13-38/h4-11,16-17H,12-15H2,1-3H3,(H2,31,32,33)(H2,34,35,37,41). The van der Waals surface area contributed by atoms with Gasteiger partial charge in [0.05, 0.1) is 24.3 Å². The number of nitrogen functional groups attached to an aromatic ring is 1. The summed E-state index contributed by atoms with van der Waals surface area (Å²) in [6.45, 7) is 8.21. The van der Waals surface area contributed by atoms with Crippen LogP contribution in [0.5, 0.6) is 0 Å². The first-order valence-corrected chi connectivity index (χ1v) is 13.8. The third-order valence-electron chi connectivity index (χ3n) is 7.06. The van der Waals surface area contributed by atoms with Crippen molar-refractivity contribution in [2.24, 2.45) is 0 Å². The zero-order valence-corrected chi connectivity index (χ0v) is 24.0. The van der Waals surface area contributed by atoms with Gasteiger partial charge in [-0.05, 0) is 36.4 Å². The predicted molar refractivity (Wildman–Crippen MR) is 161 cm³/mol. The molecule has 43 heavy (non-hydrogen) atoms. The Morgan fingerprint density at radius 1 is 0.953 bits per heavy atom. The number of urea groups is 1. The summed E-state index contributed by atoms with van der Waals surface area (Å²) in [6, 6.07) is 15.6. The van der Waals surface area contributed by atoms with E-state index in [1.165, 1.54) is 6.33 Å². The van der Waals surface area contributed by atoms with Gasteiger partial charge < -0.3 is 25.2 Å². The molecule has 0 atom stereocenters. The van der Waals surface area contributed by atoms with Gasteiger partial charge in [0.15, 0.2) is 11.5 Å². The van der Waals surface area contributed by atoms with Crippen LogP contribution >= 0.6 is 0 Å². The number of ether oxygens (including phenoxy) is 1. The number of fused-ring (bicyclic) bond motifs is 1. The zero-order chi connectivity index (χ0) is 30.1. The van der Waals surface area contributed by atoms with Crippen molar-refractivity contribution in [3.05, 3.63) is 72.2 Å². The third-order valence-corrected chi connectivity index (χ3v) is 7.06. The van der Waals surface area contributed by atoms with Crippen LogP contribution in [0, 0.1) is 0 Å². The summed E-state index contributed by atoms with van der Waals surface area (Å²) in [6.07, 6.45) is 1.39. The van der Waals surface area contributed by atoms with Crippen molar-refractivity contribution < 1.29 is 18.8 Å². The number of nitrogens with one attached hydrogen (secondary N) is 2. The molecule has 1 fully saturated rings. The molecule has 1 aliphatic heterocycles. The lowest BCUT2D eigenvalue weighted by Crippen LogP contribution is -2.40. The van der Waals surface area contributed by atoms with E-state index in [1.54, 1.807) is 39.9 Å². The maximum Gasteiger partial charge on any atom is 0.324 e. The average Bonchev–Trinajstić information content (AvgIpc) is 3.64. The number of benzene rings is 2. The second-order valence-electron chi connectivity index (χ2n) is 11.2. The average molecular weight is 582 g/mol. The molecule has 4 heterocycles. The highest BCUT2D eigenvalue weighted by atomic mass is 16.5. The second kappa shape index (κ2) is 11.2. The van der Waals surface area contributed by atoms with Crippen LogP contribution in [-0.2, 0) is 10.2 Å². The minimum Gasteiger partial charge on any atom is -0.383 e. The Bertz CT molecular complexity index is 1780. The van der Waals surface area contributed by atoms with Crippen molar-refractivity contribution in [1.82, 2.24) is 29.8 Å². The number of aromatic nitrogens is 5. The highest BCUT2D eigenvalue weighted by Crippen LogP contribution is 2.32. The van der Waals surface area contributed by atoms with E-state index >= 15 is 0 Å². The topological polar surface area (TPSA) is 166 Å². The zero-order valence-electron chi connectivity index (χ0n) is 24.0. The molecule has 0 radical (unpaired) electrons. The molecule has 3 amide bonds. The Morgan fingerprint density at radius 2 is 1.67 bits per heavy atom. The minimum absolute atomic E-state index is 0.0360. The van der Waals surface area contributed by atoms with Gasteiger partial charge in [0, 0.05) is 41.4 Å². The predicted octanol–water partition coefficient (Wildman–Crippen LogP) is 4.47. The fourth-order valence-electron chi connectivity index (χ4n) is 4.73. The Labute approximate surface area is 247 Å². The summed E-state index contributed by atoms with van der Waals surface area (Å²) in [4.78, 5) is 35.9. The number of carbonyl (C=O) groups is 2. The smallest absolute Gasteiger partial charge is 0.324 e. The summed E-state index contributed by atoms with van der Waals surface area (Å²) in [5, 5.41) is 14.8. The third kappa shape index (κ3) is 5.75. The van der Waals surface area contributed by atoms with E-state index in [0.29, 0.717) is 71.5 Å². The van der Waals surface area contributed by atoms with E-state index in [4.69, 9.17) is 20.1 Å². The van der Waals surface area contributed by atoms with Gasteiger partial charge in [-0.25, -0.2) is 19.4 Å². The van der Waals surface area contributed by atoms with Crippen LogP contribution < -0.4 is 16.4 Å². The molecule has 0 spiro atoms. The molecule has 220 valence electrons. The van der Waals surface area contributed by atoms with E-state index in [2.05, 4.69) is 25.8 Å². The number of hydrogen-bond acceptors (Lipinski definition) is 9. The molecule has 0 saturated carbocycles. The van der Waals surface area contributed by atoms with Crippen LogP contribution in [0.15, 0.2) is 65.4 Å². The van der Waals surface area contributed by atoms with E-state index in [9.17, 15) is 9.59 Å². The number of amides is 3. The van der Waals surface area contributed by atoms with Crippen LogP contribution in [0.3, 0.4) is 0 Å². The van der Waals surface area contributed by atoms with E-state index in [0.717, 1.165) is 5.56 Å². The number of nitrogens with two attached hydrogens (primary N) is 1. The van der Waals surface area contributed by atoms with Gasteiger partial charge >= 0.3 is 6.03 Å². The normalized spacial score (nSPS) is 13.7. The quantitative estimate of drug-likeness (QED) is 0.271. The minimum atomic E-state index is -0.454. The Morgan fingerprint density at radius 3 is 2.35 bits per heavy atom. The first-order valence-electron chi connectivity index (χ1n) is 13.8. The number of carbonyl (C=O) groups excluding carboxylic acids is 2. The summed E-state index contributed by atoms with van der Waals surface area (Å²) in [5.74, 6) is 1.24. The molecule has 0 bridgehead atoms. The molecule has 5 aromatic rings. The molecular formula is C30H31N9O4. The van der Waals surface area contributed by atoms with Gasteiger partial charge in [-0.15, -0.1) is 0 Å². The molecule has 13 nitrogen and oxygen atoms in total. The molecule has 4 N–H and O–H groups in total. The molecule has 1 saturated heterocycles. The number of rotatable bonds is 5. The monoisotopic (exact) mass is 581 g/mol. The molecule has 2 aromatic carbocycles.